The normalized spacial score (nSPS) is 19.7. The van der Waals surface area contributed by atoms with Crippen LogP contribution in [-0.4, -0.2) is 42.3 Å². The molecule has 1 aliphatic rings. The molecule has 5 nitrogen and oxygen atoms in total. The minimum Gasteiger partial charge on any atom is -0.379 e. The zero-order valence-corrected chi connectivity index (χ0v) is 11.0. The Morgan fingerprint density at radius 2 is 2.28 bits per heavy atom. The zero-order chi connectivity index (χ0) is 12.6. The van der Waals surface area contributed by atoms with Crippen LogP contribution in [0.25, 0.3) is 0 Å². The molecule has 0 spiro atoms. The summed E-state index contributed by atoms with van der Waals surface area (Å²) in [5, 5.41) is 6.67. The summed E-state index contributed by atoms with van der Waals surface area (Å²) in [7, 11) is 0. The van der Waals surface area contributed by atoms with Gasteiger partial charge in [-0.2, -0.15) is 0 Å². The second kappa shape index (κ2) is 7.28. The van der Waals surface area contributed by atoms with Gasteiger partial charge in [0, 0.05) is 31.5 Å². The Hall–Kier alpha value is -1.20. The van der Waals surface area contributed by atoms with Crippen molar-refractivity contribution in [1.29, 1.82) is 0 Å². The van der Waals surface area contributed by atoms with E-state index in [1.165, 1.54) is 5.56 Å². The number of nitrogens with one attached hydrogen (secondary N) is 2. The third-order valence-corrected chi connectivity index (χ3v) is 3.02. The van der Waals surface area contributed by atoms with Crippen molar-refractivity contribution in [1.82, 2.24) is 15.3 Å². The van der Waals surface area contributed by atoms with Crippen molar-refractivity contribution in [2.45, 2.75) is 32.2 Å². The number of aromatic nitrogens is 2. The average Bonchev–Trinajstić information content (AvgIpc) is 2.42. The van der Waals surface area contributed by atoms with Crippen LogP contribution < -0.4 is 10.6 Å². The fraction of sp³-hybridized carbons (Fsp3) is 0.692. The maximum absolute atomic E-state index is 5.41. The molecule has 2 heterocycles. The van der Waals surface area contributed by atoms with Crippen LogP contribution >= 0.6 is 0 Å². The molecule has 1 aromatic heterocycles. The molecule has 2 N–H and O–H groups in total. The highest BCUT2D eigenvalue weighted by Crippen LogP contribution is 2.04. The van der Waals surface area contributed by atoms with Crippen LogP contribution in [0, 0.1) is 0 Å². The number of hydrogen-bond acceptors (Lipinski definition) is 5. The zero-order valence-electron chi connectivity index (χ0n) is 11.0. The Morgan fingerprint density at radius 1 is 1.44 bits per heavy atom. The summed E-state index contributed by atoms with van der Waals surface area (Å²) in [4.78, 5) is 8.61. The molecule has 1 unspecified atom stereocenters. The van der Waals surface area contributed by atoms with E-state index in [-0.39, 0.29) is 0 Å². The van der Waals surface area contributed by atoms with E-state index in [0.29, 0.717) is 12.0 Å². The lowest BCUT2D eigenvalue weighted by molar-refractivity contribution is 0.0753. The summed E-state index contributed by atoms with van der Waals surface area (Å²) in [6.45, 7) is 5.61. The van der Waals surface area contributed by atoms with Crippen molar-refractivity contribution in [3.05, 3.63) is 18.0 Å². The predicted octanol–water partition coefficient (Wildman–Crippen LogP) is 1.22. The van der Waals surface area contributed by atoms with Crippen LogP contribution in [-0.2, 0) is 11.2 Å². The lowest BCUT2D eigenvalue weighted by atomic mass is 10.2. The number of aryl methyl sites for hydroxylation is 1. The summed E-state index contributed by atoms with van der Waals surface area (Å²) in [6, 6.07) is 0.450. The quantitative estimate of drug-likeness (QED) is 0.795. The van der Waals surface area contributed by atoms with E-state index in [2.05, 4.69) is 27.5 Å². The monoisotopic (exact) mass is 250 g/mol. The first-order chi connectivity index (χ1) is 8.88. The predicted molar refractivity (Wildman–Crippen MR) is 71.7 cm³/mol. The van der Waals surface area contributed by atoms with Crippen molar-refractivity contribution in [2.75, 3.05) is 31.6 Å². The molecule has 1 aliphatic heterocycles. The van der Waals surface area contributed by atoms with Crippen LogP contribution in [0.4, 0.5) is 5.95 Å². The molecule has 0 amide bonds. The summed E-state index contributed by atoms with van der Waals surface area (Å²) in [5.41, 5.74) is 1.20. The van der Waals surface area contributed by atoms with Crippen LogP contribution in [0.3, 0.4) is 0 Å². The average molecular weight is 250 g/mol. The van der Waals surface area contributed by atoms with Crippen molar-refractivity contribution in [2.24, 2.45) is 0 Å². The Balaban J connectivity index is 1.69. The van der Waals surface area contributed by atoms with Gasteiger partial charge in [0.2, 0.25) is 5.95 Å². The van der Waals surface area contributed by atoms with E-state index < -0.39 is 0 Å². The van der Waals surface area contributed by atoms with Crippen LogP contribution in [0.2, 0.25) is 0 Å². The minimum absolute atomic E-state index is 0.450. The highest BCUT2D eigenvalue weighted by Gasteiger charge is 2.12. The van der Waals surface area contributed by atoms with E-state index in [4.69, 9.17) is 4.74 Å². The molecule has 5 heteroatoms. The van der Waals surface area contributed by atoms with Gasteiger partial charge in [-0.3, -0.25) is 0 Å². The number of ether oxygens (including phenoxy) is 1. The Kier molecular flexibility index (Phi) is 5.36. The molecule has 0 saturated carbocycles. The van der Waals surface area contributed by atoms with Gasteiger partial charge < -0.3 is 15.4 Å². The third kappa shape index (κ3) is 4.23. The highest BCUT2D eigenvalue weighted by atomic mass is 16.5. The molecular weight excluding hydrogens is 228 g/mol. The SMILES string of the molecule is CCCc1cnc(NCCC2COCCN2)nc1. The van der Waals surface area contributed by atoms with Crippen LogP contribution in [0.5, 0.6) is 0 Å². The van der Waals surface area contributed by atoms with Gasteiger partial charge in [0.15, 0.2) is 0 Å². The fourth-order valence-corrected chi connectivity index (χ4v) is 2.03. The van der Waals surface area contributed by atoms with Gasteiger partial charge in [-0.05, 0) is 18.4 Å². The number of morpholine rings is 1. The van der Waals surface area contributed by atoms with Gasteiger partial charge in [-0.15, -0.1) is 0 Å². The molecule has 0 radical (unpaired) electrons. The van der Waals surface area contributed by atoms with Gasteiger partial charge in [-0.1, -0.05) is 13.3 Å². The largest absolute Gasteiger partial charge is 0.379 e. The van der Waals surface area contributed by atoms with Crippen molar-refractivity contribution >= 4 is 5.95 Å². The highest BCUT2D eigenvalue weighted by molar-refractivity contribution is 5.24. The van der Waals surface area contributed by atoms with Crippen LogP contribution in [0.15, 0.2) is 12.4 Å². The molecule has 2 rings (SSSR count). The molecule has 18 heavy (non-hydrogen) atoms. The Morgan fingerprint density at radius 3 is 2.94 bits per heavy atom. The minimum atomic E-state index is 0.450. The molecular formula is C13H22N4O. The van der Waals surface area contributed by atoms with Gasteiger partial charge >= 0.3 is 0 Å². The number of nitrogens with zero attached hydrogens (tertiary/aromatic N) is 2. The first kappa shape index (κ1) is 13.2. The van der Waals surface area contributed by atoms with E-state index in [9.17, 15) is 0 Å². The lowest BCUT2D eigenvalue weighted by Gasteiger charge is -2.23. The number of anilines is 1. The van der Waals surface area contributed by atoms with Gasteiger partial charge in [0.25, 0.3) is 0 Å². The first-order valence-corrected chi connectivity index (χ1v) is 6.74. The summed E-state index contributed by atoms with van der Waals surface area (Å²) < 4.78 is 5.41. The molecule has 1 fully saturated rings. The second-order valence-electron chi connectivity index (χ2n) is 4.61. The van der Waals surface area contributed by atoms with Gasteiger partial charge in [0.1, 0.15) is 0 Å². The molecule has 0 aliphatic carbocycles. The lowest BCUT2D eigenvalue weighted by Crippen LogP contribution is -2.42. The van der Waals surface area contributed by atoms with Crippen LogP contribution in [0.1, 0.15) is 25.3 Å². The summed E-state index contributed by atoms with van der Waals surface area (Å²) >= 11 is 0. The second-order valence-corrected chi connectivity index (χ2v) is 4.61. The van der Waals surface area contributed by atoms with E-state index in [1.54, 1.807) is 0 Å². The maximum atomic E-state index is 5.41. The molecule has 0 bridgehead atoms. The van der Waals surface area contributed by atoms with Crippen molar-refractivity contribution < 1.29 is 4.74 Å². The fourth-order valence-electron chi connectivity index (χ4n) is 2.03. The number of rotatable bonds is 6. The third-order valence-electron chi connectivity index (χ3n) is 3.02. The number of hydrogen-bond donors (Lipinski definition) is 2. The topological polar surface area (TPSA) is 59.1 Å². The van der Waals surface area contributed by atoms with Crippen molar-refractivity contribution in [3.63, 3.8) is 0 Å². The van der Waals surface area contributed by atoms with Gasteiger partial charge in [0.05, 0.1) is 13.2 Å². The molecule has 1 aromatic rings. The van der Waals surface area contributed by atoms with Crippen molar-refractivity contribution in [3.8, 4) is 0 Å². The van der Waals surface area contributed by atoms with E-state index in [1.807, 2.05) is 12.4 Å². The van der Waals surface area contributed by atoms with Gasteiger partial charge in [-0.25, -0.2) is 9.97 Å². The molecule has 1 atom stereocenters. The summed E-state index contributed by atoms with van der Waals surface area (Å²) in [6.07, 6.45) is 7.01. The maximum Gasteiger partial charge on any atom is 0.222 e. The standard InChI is InChI=1S/C13H22N4O/c1-2-3-11-8-16-13(17-9-11)15-5-4-12-10-18-7-6-14-12/h8-9,12,14H,2-7,10H2,1H3,(H,15,16,17). The first-order valence-electron chi connectivity index (χ1n) is 6.74. The smallest absolute Gasteiger partial charge is 0.222 e. The Bertz CT molecular complexity index is 335. The van der Waals surface area contributed by atoms with E-state index in [0.717, 1.165) is 45.6 Å². The molecule has 0 aromatic carbocycles. The Labute approximate surface area is 108 Å². The molecule has 1 saturated heterocycles. The summed E-state index contributed by atoms with van der Waals surface area (Å²) in [5.74, 6) is 0.714. The van der Waals surface area contributed by atoms with E-state index >= 15 is 0 Å². The molecule has 100 valence electrons.